The highest BCUT2D eigenvalue weighted by molar-refractivity contribution is 7.91. The van der Waals surface area contributed by atoms with Crippen molar-refractivity contribution in [3.8, 4) is 0 Å². The minimum absolute atomic E-state index is 0.0643. The lowest BCUT2D eigenvalue weighted by molar-refractivity contribution is 0.0932. The first kappa shape index (κ1) is 17.4. The first-order valence-electron chi connectivity index (χ1n) is 8.06. The predicted molar refractivity (Wildman–Crippen MR) is 92.3 cm³/mol. The summed E-state index contributed by atoms with van der Waals surface area (Å²) in [6.45, 7) is 3.67. The molecule has 2 amide bonds. The summed E-state index contributed by atoms with van der Waals surface area (Å²) in [4.78, 5) is 29.1. The smallest absolute Gasteiger partial charge is 0.287 e. The maximum atomic E-state index is 12.6. The van der Waals surface area contributed by atoms with Crippen LogP contribution in [-0.2, 0) is 9.84 Å². The number of sulfone groups is 1. The molecule has 25 heavy (non-hydrogen) atoms. The number of rotatable bonds is 4. The Morgan fingerprint density at radius 1 is 1.28 bits per heavy atom. The molecule has 1 fully saturated rings. The van der Waals surface area contributed by atoms with Gasteiger partial charge >= 0.3 is 0 Å². The number of carbonyl (C=O) groups is 2. The lowest BCUT2D eigenvalue weighted by Gasteiger charge is -2.09. The quantitative estimate of drug-likeness (QED) is 0.816. The van der Waals surface area contributed by atoms with Crippen LogP contribution in [0.25, 0.3) is 5.52 Å². The molecule has 2 aromatic rings. The highest BCUT2D eigenvalue weighted by Crippen LogP contribution is 2.16. The summed E-state index contributed by atoms with van der Waals surface area (Å²) in [5.41, 5.74) is 0.605. The molecule has 0 bridgehead atoms. The van der Waals surface area contributed by atoms with Gasteiger partial charge in [-0.3, -0.25) is 14.0 Å². The third-order valence-corrected chi connectivity index (χ3v) is 5.72. The van der Waals surface area contributed by atoms with Gasteiger partial charge in [-0.05, 0) is 32.4 Å². The van der Waals surface area contributed by atoms with Crippen molar-refractivity contribution in [1.29, 1.82) is 0 Å². The fourth-order valence-electron chi connectivity index (χ4n) is 2.85. The van der Waals surface area contributed by atoms with Crippen molar-refractivity contribution in [1.82, 2.24) is 20.0 Å². The summed E-state index contributed by atoms with van der Waals surface area (Å²) < 4.78 is 24.6. The standard InChI is InChI=1S/C16H20N4O4S/c1-10(2)17-16(22)14-19-13(12-5-3-4-7-20(12)14)15(21)18-11-6-8-25(23,24)9-11/h3-5,7,10-11H,6,8-9H2,1-2H3,(H,17,22)(H,18,21). The molecule has 0 radical (unpaired) electrons. The van der Waals surface area contributed by atoms with Gasteiger partial charge in [0.05, 0.1) is 17.0 Å². The third kappa shape index (κ3) is 3.65. The molecule has 1 saturated heterocycles. The van der Waals surface area contributed by atoms with Gasteiger partial charge in [-0.2, -0.15) is 0 Å². The molecule has 3 rings (SSSR count). The molecule has 134 valence electrons. The second-order valence-corrected chi connectivity index (χ2v) is 8.67. The normalized spacial score (nSPS) is 19.2. The predicted octanol–water partition coefficient (Wildman–Crippen LogP) is 0.389. The second kappa shape index (κ2) is 6.47. The molecule has 0 spiro atoms. The Kier molecular flexibility index (Phi) is 4.51. The summed E-state index contributed by atoms with van der Waals surface area (Å²) in [6, 6.07) is 4.69. The first-order valence-corrected chi connectivity index (χ1v) is 9.88. The van der Waals surface area contributed by atoms with Crippen LogP contribution in [0.2, 0.25) is 0 Å². The topological polar surface area (TPSA) is 110 Å². The Balaban J connectivity index is 1.91. The Labute approximate surface area is 145 Å². The van der Waals surface area contributed by atoms with Crippen LogP contribution in [0.5, 0.6) is 0 Å². The van der Waals surface area contributed by atoms with Gasteiger partial charge in [0, 0.05) is 18.3 Å². The van der Waals surface area contributed by atoms with Crippen LogP contribution in [-0.4, -0.2) is 53.2 Å². The highest BCUT2D eigenvalue weighted by atomic mass is 32.2. The van der Waals surface area contributed by atoms with Crippen molar-refractivity contribution < 1.29 is 18.0 Å². The largest absolute Gasteiger partial charge is 0.347 e. The Morgan fingerprint density at radius 2 is 2.04 bits per heavy atom. The van der Waals surface area contributed by atoms with Crippen LogP contribution in [0, 0.1) is 0 Å². The van der Waals surface area contributed by atoms with Crippen LogP contribution in [0.4, 0.5) is 0 Å². The van der Waals surface area contributed by atoms with Crippen LogP contribution in [0.1, 0.15) is 41.4 Å². The van der Waals surface area contributed by atoms with Crippen molar-refractivity contribution in [2.24, 2.45) is 0 Å². The highest BCUT2D eigenvalue weighted by Gasteiger charge is 2.30. The average Bonchev–Trinajstić information content (AvgIpc) is 3.07. The van der Waals surface area contributed by atoms with E-state index in [2.05, 4.69) is 15.6 Å². The van der Waals surface area contributed by atoms with E-state index in [0.717, 1.165) is 0 Å². The monoisotopic (exact) mass is 364 g/mol. The SMILES string of the molecule is CC(C)NC(=O)c1nc(C(=O)NC2CCS(=O)(=O)C2)c2ccccn12. The number of nitrogens with one attached hydrogen (secondary N) is 2. The van der Waals surface area contributed by atoms with Crippen LogP contribution >= 0.6 is 0 Å². The van der Waals surface area contributed by atoms with Crippen LogP contribution in [0.15, 0.2) is 24.4 Å². The van der Waals surface area contributed by atoms with Gasteiger partial charge in [0.1, 0.15) is 0 Å². The summed E-state index contributed by atoms with van der Waals surface area (Å²) in [6.07, 6.45) is 2.05. The molecule has 2 N–H and O–H groups in total. The molecule has 0 saturated carbocycles. The van der Waals surface area contributed by atoms with Gasteiger partial charge in [-0.1, -0.05) is 6.07 Å². The van der Waals surface area contributed by atoms with Crippen molar-refractivity contribution >= 4 is 27.2 Å². The lowest BCUT2D eigenvalue weighted by atomic mass is 10.2. The number of amides is 2. The van der Waals surface area contributed by atoms with Crippen LogP contribution < -0.4 is 10.6 Å². The number of fused-ring (bicyclic) bond motifs is 1. The van der Waals surface area contributed by atoms with Crippen molar-refractivity contribution in [2.75, 3.05) is 11.5 Å². The van der Waals surface area contributed by atoms with Gasteiger partial charge in [0.2, 0.25) is 5.82 Å². The van der Waals surface area contributed by atoms with E-state index in [1.54, 1.807) is 28.8 Å². The molecule has 1 unspecified atom stereocenters. The van der Waals surface area contributed by atoms with Gasteiger partial charge in [-0.25, -0.2) is 13.4 Å². The summed E-state index contributed by atoms with van der Waals surface area (Å²) in [7, 11) is -3.09. The zero-order valence-electron chi connectivity index (χ0n) is 14.0. The maximum absolute atomic E-state index is 12.6. The van der Waals surface area contributed by atoms with E-state index in [0.29, 0.717) is 11.9 Å². The summed E-state index contributed by atoms with van der Waals surface area (Å²) in [5.74, 6) is -0.726. The number of hydrogen-bond acceptors (Lipinski definition) is 5. The minimum atomic E-state index is -3.09. The molecule has 9 heteroatoms. The summed E-state index contributed by atoms with van der Waals surface area (Å²) >= 11 is 0. The van der Waals surface area contributed by atoms with E-state index >= 15 is 0 Å². The number of nitrogens with zero attached hydrogens (tertiary/aromatic N) is 2. The molecule has 2 aromatic heterocycles. The average molecular weight is 364 g/mol. The molecular weight excluding hydrogens is 344 g/mol. The number of pyridine rings is 1. The number of aromatic nitrogens is 2. The van der Waals surface area contributed by atoms with E-state index in [4.69, 9.17) is 0 Å². The maximum Gasteiger partial charge on any atom is 0.287 e. The Bertz CT molecular complexity index is 933. The fourth-order valence-corrected chi connectivity index (χ4v) is 4.53. The zero-order chi connectivity index (χ0) is 18.2. The molecule has 3 heterocycles. The van der Waals surface area contributed by atoms with Crippen molar-refractivity contribution in [3.05, 3.63) is 35.9 Å². The Hall–Kier alpha value is -2.42. The van der Waals surface area contributed by atoms with Gasteiger partial charge in [0.15, 0.2) is 15.5 Å². The second-order valence-electron chi connectivity index (χ2n) is 6.44. The first-order chi connectivity index (χ1) is 11.8. The van der Waals surface area contributed by atoms with E-state index < -0.39 is 21.8 Å². The lowest BCUT2D eigenvalue weighted by Crippen LogP contribution is -2.36. The number of imidazole rings is 1. The zero-order valence-corrected chi connectivity index (χ0v) is 14.8. The van der Waals surface area contributed by atoms with E-state index in [-0.39, 0.29) is 35.0 Å². The number of hydrogen-bond donors (Lipinski definition) is 2. The van der Waals surface area contributed by atoms with Gasteiger partial charge in [-0.15, -0.1) is 0 Å². The van der Waals surface area contributed by atoms with Crippen LogP contribution in [0.3, 0.4) is 0 Å². The molecular formula is C16H20N4O4S. The minimum Gasteiger partial charge on any atom is -0.347 e. The molecule has 0 aliphatic carbocycles. The van der Waals surface area contributed by atoms with Crippen molar-refractivity contribution in [3.63, 3.8) is 0 Å². The van der Waals surface area contributed by atoms with Gasteiger partial charge in [0.25, 0.3) is 11.8 Å². The number of carbonyl (C=O) groups excluding carboxylic acids is 2. The van der Waals surface area contributed by atoms with E-state index in [1.807, 2.05) is 13.8 Å². The molecule has 0 aromatic carbocycles. The summed E-state index contributed by atoms with van der Waals surface area (Å²) in [5, 5.41) is 5.46. The van der Waals surface area contributed by atoms with E-state index in [9.17, 15) is 18.0 Å². The third-order valence-electron chi connectivity index (χ3n) is 3.95. The van der Waals surface area contributed by atoms with E-state index in [1.165, 1.54) is 0 Å². The molecule has 1 aliphatic heterocycles. The Morgan fingerprint density at radius 3 is 2.68 bits per heavy atom. The molecule has 1 aliphatic rings. The van der Waals surface area contributed by atoms with Crippen molar-refractivity contribution in [2.45, 2.75) is 32.4 Å². The molecule has 1 atom stereocenters. The van der Waals surface area contributed by atoms with Gasteiger partial charge < -0.3 is 10.6 Å². The molecule has 8 nitrogen and oxygen atoms in total. The fraction of sp³-hybridized carbons (Fsp3) is 0.438.